The number of hydrogen-bond acceptors (Lipinski definition) is 10. The summed E-state index contributed by atoms with van der Waals surface area (Å²) in [5.41, 5.74) is -2.73. The van der Waals surface area contributed by atoms with Gasteiger partial charge >= 0.3 is 23.9 Å². The fourth-order valence-corrected chi connectivity index (χ4v) is 5.77. The average Bonchev–Trinajstić information content (AvgIpc) is 2.82. The molecular formula is C24H36O10. The SMILES string of the molecule is CCCCCCCC1C[C@H]2C(C(=O)OC)=C(O)[C@H](C(=O)OC)[C@@](O)([C@H]1C(=O)OC)[C@H]2C(=O)OC. The maximum atomic E-state index is 13.0. The highest BCUT2D eigenvalue weighted by Crippen LogP contribution is 2.58. The largest absolute Gasteiger partial charge is 0.511 e. The molecule has 2 bridgehead atoms. The molecule has 0 amide bonds. The Morgan fingerprint density at radius 2 is 1.41 bits per heavy atom. The van der Waals surface area contributed by atoms with E-state index in [1.807, 2.05) is 0 Å². The summed E-state index contributed by atoms with van der Waals surface area (Å²) in [5.74, 6) is -10.9. The lowest BCUT2D eigenvalue weighted by atomic mass is 9.49. The first-order valence-corrected chi connectivity index (χ1v) is 11.6. The van der Waals surface area contributed by atoms with Crippen molar-refractivity contribution in [3.05, 3.63) is 11.3 Å². The number of unbranched alkanes of at least 4 members (excludes halogenated alkanes) is 4. The molecule has 0 radical (unpaired) electrons. The number of aliphatic hydroxyl groups excluding tert-OH is 1. The normalized spacial score (nSPS) is 30.4. The summed E-state index contributed by atoms with van der Waals surface area (Å²) in [6.07, 6.45) is 5.35. The molecule has 10 heteroatoms. The Kier molecular flexibility index (Phi) is 9.49. The van der Waals surface area contributed by atoms with Crippen LogP contribution in [0.25, 0.3) is 0 Å². The molecule has 192 valence electrons. The summed E-state index contributed by atoms with van der Waals surface area (Å²) in [7, 11) is 4.39. The van der Waals surface area contributed by atoms with Crippen molar-refractivity contribution in [3.63, 3.8) is 0 Å². The number of carbonyl (C=O) groups excluding carboxylic acids is 4. The lowest BCUT2D eigenvalue weighted by molar-refractivity contribution is -0.213. The fraction of sp³-hybridized carbons (Fsp3) is 0.750. The molecule has 6 atom stereocenters. The van der Waals surface area contributed by atoms with Crippen LogP contribution in [-0.2, 0) is 38.1 Å². The van der Waals surface area contributed by atoms with Gasteiger partial charge in [-0.05, 0) is 18.8 Å². The molecule has 0 aliphatic heterocycles. The lowest BCUT2D eigenvalue weighted by Gasteiger charge is -2.55. The molecule has 34 heavy (non-hydrogen) atoms. The van der Waals surface area contributed by atoms with Crippen molar-refractivity contribution < 1.29 is 48.3 Å². The van der Waals surface area contributed by atoms with Crippen LogP contribution in [0.1, 0.15) is 51.9 Å². The third kappa shape index (κ3) is 4.78. The summed E-state index contributed by atoms with van der Waals surface area (Å²) in [6, 6.07) is 0. The number of methoxy groups -OCH3 is 4. The van der Waals surface area contributed by atoms with Crippen LogP contribution in [0.4, 0.5) is 0 Å². The van der Waals surface area contributed by atoms with Crippen LogP contribution in [0.5, 0.6) is 0 Å². The van der Waals surface area contributed by atoms with Crippen LogP contribution < -0.4 is 0 Å². The first-order chi connectivity index (χ1) is 16.1. The van der Waals surface area contributed by atoms with Gasteiger partial charge in [0.15, 0.2) is 0 Å². The second kappa shape index (κ2) is 11.7. The summed E-state index contributed by atoms with van der Waals surface area (Å²) < 4.78 is 19.5. The van der Waals surface area contributed by atoms with Crippen molar-refractivity contribution in [2.24, 2.45) is 29.6 Å². The minimum atomic E-state index is -2.44. The monoisotopic (exact) mass is 484 g/mol. The number of hydrogen-bond donors (Lipinski definition) is 2. The van der Waals surface area contributed by atoms with Gasteiger partial charge in [-0.25, -0.2) is 4.79 Å². The maximum Gasteiger partial charge on any atom is 0.337 e. The summed E-state index contributed by atoms with van der Waals surface area (Å²) in [5, 5.41) is 23.1. The molecule has 10 nitrogen and oxygen atoms in total. The second-order valence-corrected chi connectivity index (χ2v) is 8.94. The molecule has 2 N–H and O–H groups in total. The first kappa shape index (κ1) is 27.6. The van der Waals surface area contributed by atoms with E-state index < -0.39 is 64.8 Å². The molecule has 0 saturated heterocycles. The zero-order valence-corrected chi connectivity index (χ0v) is 20.5. The van der Waals surface area contributed by atoms with Gasteiger partial charge < -0.3 is 29.2 Å². The Labute approximate surface area is 199 Å². The Morgan fingerprint density at radius 1 is 0.853 bits per heavy atom. The molecule has 1 unspecified atom stereocenters. The number of fused-ring (bicyclic) bond motifs is 2. The molecule has 0 heterocycles. The molecule has 1 saturated carbocycles. The molecule has 0 aromatic rings. The van der Waals surface area contributed by atoms with E-state index in [0.29, 0.717) is 6.42 Å². The summed E-state index contributed by atoms with van der Waals surface area (Å²) >= 11 is 0. The van der Waals surface area contributed by atoms with Gasteiger partial charge in [-0.2, -0.15) is 0 Å². The van der Waals surface area contributed by atoms with Gasteiger partial charge in [-0.15, -0.1) is 0 Å². The molecule has 0 spiro atoms. The van der Waals surface area contributed by atoms with Gasteiger partial charge in [-0.1, -0.05) is 39.0 Å². The third-order valence-electron chi connectivity index (χ3n) is 7.24. The van der Waals surface area contributed by atoms with Gasteiger partial charge in [0.2, 0.25) is 0 Å². The van der Waals surface area contributed by atoms with E-state index in [4.69, 9.17) is 18.9 Å². The minimum Gasteiger partial charge on any atom is -0.511 e. The van der Waals surface area contributed by atoms with Gasteiger partial charge in [0.25, 0.3) is 0 Å². The Morgan fingerprint density at radius 3 is 1.94 bits per heavy atom. The summed E-state index contributed by atoms with van der Waals surface area (Å²) in [4.78, 5) is 51.5. The Balaban J connectivity index is 2.72. The van der Waals surface area contributed by atoms with Gasteiger partial charge in [0, 0.05) is 5.92 Å². The minimum absolute atomic E-state index is 0.109. The van der Waals surface area contributed by atoms with Crippen molar-refractivity contribution in [1.82, 2.24) is 0 Å². The molecule has 0 aromatic heterocycles. The second-order valence-electron chi connectivity index (χ2n) is 8.94. The number of esters is 4. The van der Waals surface area contributed by atoms with E-state index in [1.54, 1.807) is 0 Å². The highest BCUT2D eigenvalue weighted by molar-refractivity contribution is 5.95. The smallest absolute Gasteiger partial charge is 0.337 e. The molecular weight excluding hydrogens is 448 g/mol. The van der Waals surface area contributed by atoms with Gasteiger partial charge in [0.1, 0.15) is 17.3 Å². The molecule has 2 aliphatic carbocycles. The van der Waals surface area contributed by atoms with E-state index in [0.717, 1.165) is 60.5 Å². The zero-order chi connectivity index (χ0) is 25.6. The van der Waals surface area contributed by atoms with Crippen molar-refractivity contribution >= 4 is 23.9 Å². The van der Waals surface area contributed by atoms with Crippen LogP contribution in [0.15, 0.2) is 11.3 Å². The quantitative estimate of drug-likeness (QED) is 0.268. The van der Waals surface area contributed by atoms with E-state index in [2.05, 4.69) is 6.92 Å². The highest BCUT2D eigenvalue weighted by atomic mass is 16.5. The Hall–Kier alpha value is -2.62. The highest BCUT2D eigenvalue weighted by Gasteiger charge is 2.70. The first-order valence-electron chi connectivity index (χ1n) is 11.6. The van der Waals surface area contributed by atoms with E-state index in [-0.39, 0.29) is 12.0 Å². The number of rotatable bonds is 10. The molecule has 2 aliphatic rings. The zero-order valence-electron chi connectivity index (χ0n) is 20.5. The van der Waals surface area contributed by atoms with E-state index in [1.165, 1.54) is 0 Å². The van der Waals surface area contributed by atoms with Crippen molar-refractivity contribution in [1.29, 1.82) is 0 Å². The predicted octanol–water partition coefficient (Wildman–Crippen LogP) is 2.08. The molecule has 0 aromatic carbocycles. The standard InChI is InChI=1S/C24H36O10/c1-6-7-8-9-10-11-13-12-14-15(20(26)31-2)19(25)18(23(29)34-5)24(30,16(13)21(27)32-3)17(14)22(28)33-4/h13-14,16-18,25,30H,6-12H2,1-5H3/t13?,14-,16+,17+,18+,24+/m0/s1. The number of ether oxygens (including phenoxy) is 4. The predicted molar refractivity (Wildman–Crippen MR) is 118 cm³/mol. The third-order valence-corrected chi connectivity index (χ3v) is 7.24. The summed E-state index contributed by atoms with van der Waals surface area (Å²) in [6.45, 7) is 2.10. The maximum absolute atomic E-state index is 13.0. The average molecular weight is 485 g/mol. The van der Waals surface area contributed by atoms with Crippen molar-refractivity contribution in [2.45, 2.75) is 57.5 Å². The van der Waals surface area contributed by atoms with Crippen molar-refractivity contribution in [2.75, 3.05) is 28.4 Å². The Bertz CT molecular complexity index is 819. The number of aliphatic hydroxyl groups is 2. The molecule has 1 fully saturated rings. The fourth-order valence-electron chi connectivity index (χ4n) is 5.77. The van der Waals surface area contributed by atoms with Crippen LogP contribution in [0.2, 0.25) is 0 Å². The molecule has 2 rings (SSSR count). The van der Waals surface area contributed by atoms with Gasteiger partial charge in [0.05, 0.1) is 45.8 Å². The van der Waals surface area contributed by atoms with E-state index >= 15 is 0 Å². The van der Waals surface area contributed by atoms with Gasteiger partial charge in [-0.3, -0.25) is 14.4 Å². The number of carbonyl (C=O) groups is 4. The topological polar surface area (TPSA) is 146 Å². The van der Waals surface area contributed by atoms with Crippen LogP contribution in [0, 0.1) is 29.6 Å². The van der Waals surface area contributed by atoms with Crippen molar-refractivity contribution in [3.8, 4) is 0 Å². The van der Waals surface area contributed by atoms with Crippen LogP contribution >= 0.6 is 0 Å². The van der Waals surface area contributed by atoms with Crippen LogP contribution in [-0.4, -0.2) is 68.1 Å². The van der Waals surface area contributed by atoms with E-state index in [9.17, 15) is 29.4 Å². The van der Waals surface area contributed by atoms with Crippen LogP contribution in [0.3, 0.4) is 0 Å². The lowest BCUT2D eigenvalue weighted by Crippen LogP contribution is -2.68.